The Morgan fingerprint density at radius 1 is 1.17 bits per heavy atom. The lowest BCUT2D eigenvalue weighted by Crippen LogP contribution is -2.44. The monoisotopic (exact) mass is 430 g/mol. The van der Waals surface area contributed by atoms with Gasteiger partial charge in [0.1, 0.15) is 17.0 Å². The number of likely N-dealkylation sites (N-methyl/N-ethyl adjacent to an activating group) is 1. The van der Waals surface area contributed by atoms with Crippen LogP contribution in [0.3, 0.4) is 0 Å². The van der Waals surface area contributed by atoms with E-state index in [-0.39, 0.29) is 5.91 Å². The molecule has 0 atom stereocenters. The number of fused-ring (bicyclic) bond motifs is 1. The van der Waals surface area contributed by atoms with E-state index in [4.69, 9.17) is 0 Å². The van der Waals surface area contributed by atoms with Crippen LogP contribution >= 0.6 is 11.3 Å². The molecule has 2 saturated heterocycles. The van der Waals surface area contributed by atoms with Gasteiger partial charge in [-0.25, -0.2) is 9.97 Å². The van der Waals surface area contributed by atoms with E-state index < -0.39 is 0 Å². The average molecular weight is 431 g/mol. The molecule has 2 aromatic rings. The van der Waals surface area contributed by atoms with Crippen LogP contribution < -0.4 is 10.2 Å². The van der Waals surface area contributed by atoms with Gasteiger partial charge in [-0.3, -0.25) is 4.79 Å². The fraction of sp³-hybridized carbons (Fsp3) is 0.682. The number of thiophene rings is 1. The number of piperazine rings is 1. The lowest BCUT2D eigenvalue weighted by molar-refractivity contribution is 0.0954. The van der Waals surface area contributed by atoms with E-state index >= 15 is 0 Å². The first kappa shape index (κ1) is 21.5. The van der Waals surface area contributed by atoms with Crippen molar-refractivity contribution in [1.82, 2.24) is 25.1 Å². The number of carbonyl (C=O) groups excluding carboxylic acids is 1. The zero-order valence-electron chi connectivity index (χ0n) is 18.5. The molecule has 7 nitrogen and oxygen atoms in total. The van der Waals surface area contributed by atoms with Crippen LogP contribution in [0.15, 0.2) is 6.33 Å². The highest BCUT2D eigenvalue weighted by molar-refractivity contribution is 7.20. The molecule has 30 heavy (non-hydrogen) atoms. The topological polar surface area (TPSA) is 64.6 Å². The van der Waals surface area contributed by atoms with E-state index in [1.54, 1.807) is 6.33 Å². The Hall–Kier alpha value is -1.77. The fourth-order valence-electron chi connectivity index (χ4n) is 4.40. The van der Waals surface area contributed by atoms with Gasteiger partial charge in [0.05, 0.1) is 10.3 Å². The van der Waals surface area contributed by atoms with Gasteiger partial charge in [-0.1, -0.05) is 6.92 Å². The van der Waals surface area contributed by atoms with Crippen LogP contribution in [0.25, 0.3) is 10.2 Å². The van der Waals surface area contributed by atoms with Crippen LogP contribution in [0, 0.1) is 12.8 Å². The Bertz CT molecular complexity index is 868. The molecule has 0 spiro atoms. The summed E-state index contributed by atoms with van der Waals surface area (Å²) in [4.78, 5) is 30.8. The molecule has 1 amide bonds. The van der Waals surface area contributed by atoms with E-state index in [1.807, 2.05) is 6.92 Å². The highest BCUT2D eigenvalue weighted by atomic mass is 32.1. The average Bonchev–Trinajstić information content (AvgIpc) is 3.10. The number of rotatable bonds is 6. The summed E-state index contributed by atoms with van der Waals surface area (Å²) < 4.78 is 0. The van der Waals surface area contributed by atoms with Crippen LogP contribution in [0.4, 0.5) is 5.82 Å². The van der Waals surface area contributed by atoms with Crippen molar-refractivity contribution in [3.8, 4) is 0 Å². The van der Waals surface area contributed by atoms with Crippen molar-refractivity contribution < 1.29 is 4.79 Å². The number of hydrogen-bond donors (Lipinski definition) is 1. The van der Waals surface area contributed by atoms with Gasteiger partial charge in [0.15, 0.2) is 0 Å². The van der Waals surface area contributed by atoms with Gasteiger partial charge in [-0.15, -0.1) is 11.3 Å². The molecule has 0 unspecified atom stereocenters. The largest absolute Gasteiger partial charge is 0.353 e. The Morgan fingerprint density at radius 3 is 2.63 bits per heavy atom. The van der Waals surface area contributed by atoms with E-state index in [0.29, 0.717) is 0 Å². The minimum absolute atomic E-state index is 0.0205. The highest BCUT2D eigenvalue weighted by Crippen LogP contribution is 2.35. The summed E-state index contributed by atoms with van der Waals surface area (Å²) in [5.74, 6) is 1.85. The lowest BCUT2D eigenvalue weighted by Gasteiger charge is -2.33. The number of nitrogens with one attached hydrogen (secondary N) is 1. The molecular formula is C22H34N6OS. The number of piperidine rings is 1. The van der Waals surface area contributed by atoms with Crippen LogP contribution in [-0.4, -0.2) is 85.1 Å². The van der Waals surface area contributed by atoms with Gasteiger partial charge >= 0.3 is 0 Å². The predicted octanol–water partition coefficient (Wildman–Crippen LogP) is 2.60. The minimum atomic E-state index is 0.0205. The molecule has 8 heteroatoms. The molecule has 164 valence electrons. The summed E-state index contributed by atoms with van der Waals surface area (Å²) in [6, 6.07) is 0. The van der Waals surface area contributed by atoms with Gasteiger partial charge in [-0.05, 0) is 64.3 Å². The van der Waals surface area contributed by atoms with Crippen molar-refractivity contribution >= 4 is 33.3 Å². The van der Waals surface area contributed by atoms with Crippen molar-refractivity contribution in [2.24, 2.45) is 5.92 Å². The molecular weight excluding hydrogens is 396 g/mol. The third-order valence-corrected chi connectivity index (χ3v) is 7.73. The number of hydrogen-bond acceptors (Lipinski definition) is 7. The molecule has 0 saturated carbocycles. The van der Waals surface area contributed by atoms with Crippen LogP contribution in [-0.2, 0) is 0 Å². The number of nitrogens with zero attached hydrogens (tertiary/aromatic N) is 5. The van der Waals surface area contributed by atoms with Gasteiger partial charge in [0.25, 0.3) is 5.91 Å². The maximum Gasteiger partial charge on any atom is 0.261 e. The third-order valence-electron chi connectivity index (χ3n) is 6.53. The molecule has 0 bridgehead atoms. The number of anilines is 1. The summed E-state index contributed by atoms with van der Waals surface area (Å²) in [5, 5.41) is 4.17. The summed E-state index contributed by atoms with van der Waals surface area (Å²) >= 11 is 1.49. The number of carbonyl (C=O) groups is 1. The Balaban J connectivity index is 1.38. The molecule has 4 heterocycles. The SMILES string of the molecule is Cc1c(C(=O)NCCCN2CCC(C)CC2)sc2ncnc(N3CCN(C)CC3)c12. The standard InChI is InChI=1S/C22H34N6OS/c1-16-5-9-27(10-6-16)8-4-7-23-21(29)19-17(2)18-20(24-15-25-22(18)30-19)28-13-11-26(3)12-14-28/h15-16H,4-14H2,1-3H3,(H,23,29). The quantitative estimate of drug-likeness (QED) is 0.711. The number of aryl methyl sites for hydroxylation is 1. The predicted molar refractivity (Wildman–Crippen MR) is 124 cm³/mol. The third kappa shape index (κ3) is 4.76. The number of likely N-dealkylation sites (tertiary alicyclic amines) is 1. The van der Waals surface area contributed by atoms with E-state index in [1.165, 1.54) is 37.3 Å². The second-order valence-corrected chi connectivity index (χ2v) is 9.86. The molecule has 2 aliphatic rings. The Morgan fingerprint density at radius 2 is 1.90 bits per heavy atom. The molecule has 2 fully saturated rings. The van der Waals surface area contributed by atoms with Crippen molar-refractivity contribution in [3.63, 3.8) is 0 Å². The zero-order chi connectivity index (χ0) is 21.1. The van der Waals surface area contributed by atoms with E-state index in [9.17, 15) is 4.79 Å². The Labute approximate surface area is 183 Å². The first-order valence-electron chi connectivity index (χ1n) is 11.2. The number of amides is 1. The highest BCUT2D eigenvalue weighted by Gasteiger charge is 2.23. The van der Waals surface area contributed by atoms with E-state index in [0.717, 1.165) is 78.1 Å². The smallest absolute Gasteiger partial charge is 0.261 e. The summed E-state index contributed by atoms with van der Waals surface area (Å²) in [5.41, 5.74) is 1.01. The van der Waals surface area contributed by atoms with Gasteiger partial charge in [0.2, 0.25) is 0 Å². The summed E-state index contributed by atoms with van der Waals surface area (Å²) in [7, 11) is 2.15. The molecule has 4 rings (SSSR count). The van der Waals surface area contributed by atoms with Gasteiger partial charge in [0, 0.05) is 32.7 Å². The second kappa shape index (κ2) is 9.58. The van der Waals surface area contributed by atoms with Crippen LogP contribution in [0.1, 0.15) is 41.4 Å². The normalized spacial score (nSPS) is 19.5. The first-order chi connectivity index (χ1) is 14.5. The van der Waals surface area contributed by atoms with Crippen LogP contribution in [0.2, 0.25) is 0 Å². The molecule has 2 aromatic heterocycles. The summed E-state index contributed by atoms with van der Waals surface area (Å²) in [6.07, 6.45) is 5.22. The molecule has 0 aliphatic carbocycles. The van der Waals surface area contributed by atoms with Gasteiger partial charge in [-0.2, -0.15) is 0 Å². The zero-order valence-corrected chi connectivity index (χ0v) is 19.3. The van der Waals surface area contributed by atoms with Crippen molar-refractivity contribution in [2.75, 3.05) is 64.3 Å². The summed E-state index contributed by atoms with van der Waals surface area (Å²) in [6.45, 7) is 12.5. The molecule has 0 radical (unpaired) electrons. The first-order valence-corrected chi connectivity index (χ1v) is 12.0. The number of aromatic nitrogens is 2. The fourth-order valence-corrected chi connectivity index (χ4v) is 5.46. The van der Waals surface area contributed by atoms with Crippen molar-refractivity contribution in [1.29, 1.82) is 0 Å². The lowest BCUT2D eigenvalue weighted by atomic mass is 9.99. The second-order valence-electron chi connectivity index (χ2n) is 8.86. The molecule has 0 aromatic carbocycles. The van der Waals surface area contributed by atoms with Crippen LogP contribution in [0.5, 0.6) is 0 Å². The van der Waals surface area contributed by atoms with Crippen molar-refractivity contribution in [3.05, 3.63) is 16.8 Å². The Kier molecular flexibility index (Phi) is 6.85. The maximum atomic E-state index is 12.9. The van der Waals surface area contributed by atoms with Gasteiger partial charge < -0.3 is 20.0 Å². The van der Waals surface area contributed by atoms with E-state index in [2.05, 4.69) is 44.0 Å². The minimum Gasteiger partial charge on any atom is -0.353 e. The molecule has 2 aliphatic heterocycles. The molecule has 1 N–H and O–H groups in total. The van der Waals surface area contributed by atoms with Crippen molar-refractivity contribution in [2.45, 2.75) is 33.1 Å². The maximum absolute atomic E-state index is 12.9.